The molecule has 2 aromatic carbocycles. The molecule has 0 aromatic heterocycles. The average Bonchev–Trinajstić information content (AvgIpc) is 2.89. The Hall–Kier alpha value is -2.69. The van der Waals surface area contributed by atoms with Crippen LogP contribution in [0.4, 0.5) is 30.7 Å². The maximum Gasteiger partial charge on any atom is 0.416 e. The van der Waals surface area contributed by atoms with Crippen molar-refractivity contribution in [2.75, 3.05) is 20.4 Å². The lowest BCUT2D eigenvalue weighted by Crippen LogP contribution is -2.34. The van der Waals surface area contributed by atoms with E-state index in [2.05, 4.69) is 42.3 Å². The number of aryl methyl sites for hydroxylation is 1. The van der Waals surface area contributed by atoms with Crippen LogP contribution in [-0.4, -0.2) is 36.5 Å². The van der Waals surface area contributed by atoms with Gasteiger partial charge in [-0.1, -0.05) is 49.4 Å². The molecule has 0 bridgehead atoms. The molecule has 10 heteroatoms. The summed E-state index contributed by atoms with van der Waals surface area (Å²) in [6, 6.07) is 12.3. The van der Waals surface area contributed by atoms with Crippen molar-refractivity contribution in [2.45, 2.75) is 65.5 Å². The predicted molar refractivity (Wildman–Crippen MR) is 145 cm³/mol. The van der Waals surface area contributed by atoms with E-state index >= 15 is 0 Å². The zero-order valence-electron chi connectivity index (χ0n) is 23.6. The quantitative estimate of drug-likeness (QED) is 0.173. The molecule has 2 atom stereocenters. The van der Waals surface area contributed by atoms with Gasteiger partial charge in [-0.15, -0.1) is 6.58 Å². The third kappa shape index (κ3) is 15.2. The van der Waals surface area contributed by atoms with Crippen LogP contribution in [-0.2, 0) is 30.1 Å². The van der Waals surface area contributed by atoms with Gasteiger partial charge in [0, 0.05) is 19.2 Å². The maximum atomic E-state index is 12.8. The van der Waals surface area contributed by atoms with E-state index < -0.39 is 23.5 Å². The van der Waals surface area contributed by atoms with Crippen molar-refractivity contribution in [3.8, 4) is 0 Å². The molecule has 0 radical (unpaired) electrons. The summed E-state index contributed by atoms with van der Waals surface area (Å²) in [5.74, 6) is 0.143. The van der Waals surface area contributed by atoms with E-state index in [-0.39, 0.29) is 36.6 Å². The molecule has 2 rings (SSSR count). The van der Waals surface area contributed by atoms with E-state index in [0.717, 1.165) is 18.7 Å². The van der Waals surface area contributed by atoms with Crippen LogP contribution in [0.1, 0.15) is 56.4 Å². The van der Waals surface area contributed by atoms with Gasteiger partial charge in [0.05, 0.1) is 17.0 Å². The van der Waals surface area contributed by atoms with Crippen LogP contribution in [0.2, 0.25) is 0 Å². The van der Waals surface area contributed by atoms with Crippen LogP contribution in [0, 0.1) is 5.92 Å². The Bertz CT molecular complexity index is 967. The Morgan fingerprint density at radius 3 is 1.85 bits per heavy atom. The van der Waals surface area contributed by atoms with Gasteiger partial charge in [0.15, 0.2) is 0 Å². The Morgan fingerprint density at radius 1 is 0.975 bits per heavy atom. The van der Waals surface area contributed by atoms with Crippen LogP contribution in [0.5, 0.6) is 0 Å². The number of hydrogen-bond acceptors (Lipinski definition) is 3. The van der Waals surface area contributed by atoms with Gasteiger partial charge in [0.1, 0.15) is 6.79 Å². The second-order valence-corrected chi connectivity index (χ2v) is 8.96. The van der Waals surface area contributed by atoms with E-state index in [1.54, 1.807) is 6.08 Å². The highest BCUT2D eigenvalue weighted by atomic mass is 19.4. The lowest BCUT2D eigenvalue weighted by molar-refractivity contribution is -0.143. The van der Waals surface area contributed by atoms with Crippen molar-refractivity contribution in [3.63, 3.8) is 0 Å². The molecule has 226 valence electrons. The average molecular weight is 580 g/mol. The maximum absolute atomic E-state index is 12.8. The number of alkyl halides is 6. The smallest absolute Gasteiger partial charge is 0.371 e. The van der Waals surface area contributed by atoms with E-state index in [0.29, 0.717) is 19.1 Å². The summed E-state index contributed by atoms with van der Waals surface area (Å²) in [7, 11) is 2.10. The van der Waals surface area contributed by atoms with Crippen LogP contribution >= 0.6 is 0 Å². The highest BCUT2D eigenvalue weighted by Gasteiger charge is 2.36. The van der Waals surface area contributed by atoms with Crippen molar-refractivity contribution >= 4 is 0 Å². The Morgan fingerprint density at radius 2 is 1.50 bits per heavy atom. The van der Waals surface area contributed by atoms with Gasteiger partial charge in [-0.05, 0) is 75.9 Å². The van der Waals surface area contributed by atoms with Gasteiger partial charge in [0.2, 0.25) is 0 Å². The first-order valence-electron chi connectivity index (χ1n) is 12.8. The van der Waals surface area contributed by atoms with Crippen LogP contribution in [0.25, 0.3) is 0 Å². The number of halogens is 7. The van der Waals surface area contributed by atoms with Gasteiger partial charge in [0.25, 0.3) is 0 Å². The van der Waals surface area contributed by atoms with Crippen molar-refractivity contribution in [1.82, 2.24) is 4.90 Å². The van der Waals surface area contributed by atoms with Crippen LogP contribution in [0.3, 0.4) is 0 Å². The highest BCUT2D eigenvalue weighted by molar-refractivity contribution is 5.33. The zero-order valence-corrected chi connectivity index (χ0v) is 23.6. The first-order valence-corrected chi connectivity index (χ1v) is 12.8. The van der Waals surface area contributed by atoms with E-state index in [4.69, 9.17) is 5.11 Å². The second-order valence-electron chi connectivity index (χ2n) is 8.96. The molecule has 0 fully saturated rings. The standard InChI is InChI=1S/C17H24FN.C10H8F6.C3H8O2/c1-5-17(12-11-14(2)18)15(3)19(4)13-16-9-7-6-8-10-16;1-2-6-3-7(9(11,12)13)5-8(4-6)10(14,15)16;1-2-5-3-4/h5-11,15,17H,1,12-13H2,2-4H3;3-5H,2H2,1H3;4H,2-3H2,1H3/b14-11+;;/t15-,17?;;/m1../s1. The normalized spacial score (nSPS) is 13.5. The van der Waals surface area contributed by atoms with Gasteiger partial charge in [-0.25, -0.2) is 4.39 Å². The molecule has 40 heavy (non-hydrogen) atoms. The molecule has 0 spiro atoms. The molecule has 0 aliphatic carbocycles. The van der Waals surface area contributed by atoms with Crippen molar-refractivity contribution in [1.29, 1.82) is 0 Å². The molecule has 2 aromatic rings. The molecule has 1 N–H and O–H groups in total. The second kappa shape index (κ2) is 18.6. The number of ether oxygens (including phenoxy) is 1. The molecule has 0 saturated carbocycles. The Kier molecular flexibility index (Phi) is 17.4. The number of rotatable bonds is 10. The predicted octanol–water partition coefficient (Wildman–Crippen LogP) is 8.83. The molecule has 0 saturated heterocycles. The molecule has 0 aliphatic heterocycles. The van der Waals surface area contributed by atoms with E-state index in [1.165, 1.54) is 19.4 Å². The lowest BCUT2D eigenvalue weighted by atomic mass is 9.95. The monoisotopic (exact) mass is 579 g/mol. The SMILES string of the molecule is C=CC(C/C=C(\C)F)[C@@H](C)N(C)Cc1ccccc1.CCOCO.CCc1cc(C(F)(F)F)cc(C(F)(F)F)c1. The molecular formula is C30H40F7NO2. The summed E-state index contributed by atoms with van der Waals surface area (Å²) >= 11 is 0. The molecule has 0 heterocycles. The lowest BCUT2D eigenvalue weighted by Gasteiger charge is -2.30. The number of nitrogens with zero attached hydrogens (tertiary/aromatic N) is 1. The summed E-state index contributed by atoms with van der Waals surface area (Å²) in [6.45, 7) is 12.2. The largest absolute Gasteiger partial charge is 0.416 e. The molecular weight excluding hydrogens is 539 g/mol. The van der Waals surface area contributed by atoms with E-state index in [9.17, 15) is 30.7 Å². The third-order valence-corrected chi connectivity index (χ3v) is 5.91. The summed E-state index contributed by atoms with van der Waals surface area (Å²) in [5.41, 5.74) is -1.22. The van der Waals surface area contributed by atoms with Gasteiger partial charge < -0.3 is 9.84 Å². The fourth-order valence-electron chi connectivity index (χ4n) is 3.45. The van der Waals surface area contributed by atoms with Gasteiger partial charge >= 0.3 is 12.4 Å². The Balaban J connectivity index is 0.000000657. The minimum Gasteiger partial charge on any atom is -0.371 e. The van der Waals surface area contributed by atoms with Crippen molar-refractivity contribution < 1.29 is 40.6 Å². The number of allylic oxidation sites excluding steroid dienone is 2. The van der Waals surface area contributed by atoms with Gasteiger partial charge in [-0.3, -0.25) is 4.90 Å². The minimum absolute atomic E-state index is 0.0159. The van der Waals surface area contributed by atoms with Crippen molar-refractivity contribution in [2.24, 2.45) is 5.92 Å². The summed E-state index contributed by atoms with van der Waals surface area (Å²) in [5, 5.41) is 7.84. The minimum atomic E-state index is -4.76. The first-order chi connectivity index (χ1) is 18.6. The molecule has 0 amide bonds. The zero-order chi connectivity index (χ0) is 30.9. The fourth-order valence-corrected chi connectivity index (χ4v) is 3.45. The van der Waals surface area contributed by atoms with Gasteiger partial charge in [-0.2, -0.15) is 26.3 Å². The molecule has 0 aliphatic rings. The summed E-state index contributed by atoms with van der Waals surface area (Å²) in [6.07, 6.45) is -5.14. The topological polar surface area (TPSA) is 32.7 Å². The summed E-state index contributed by atoms with van der Waals surface area (Å²) in [4.78, 5) is 2.28. The van der Waals surface area contributed by atoms with Crippen LogP contribution < -0.4 is 0 Å². The molecule has 1 unspecified atom stereocenters. The Labute approximate surface area is 233 Å². The molecule has 3 nitrogen and oxygen atoms in total. The summed E-state index contributed by atoms with van der Waals surface area (Å²) < 4.78 is 91.0. The van der Waals surface area contributed by atoms with E-state index in [1.807, 2.05) is 31.2 Å². The number of benzene rings is 2. The van der Waals surface area contributed by atoms with Crippen LogP contribution in [0.15, 0.2) is 73.1 Å². The third-order valence-electron chi connectivity index (χ3n) is 5.91. The number of aliphatic hydroxyl groups is 1. The van der Waals surface area contributed by atoms with Crippen molar-refractivity contribution in [3.05, 3.63) is 95.3 Å². The fraction of sp³-hybridized carbons (Fsp3) is 0.467. The first kappa shape index (κ1) is 37.3. The number of aliphatic hydroxyl groups excluding tert-OH is 1. The number of hydrogen-bond donors (Lipinski definition) is 1. The highest BCUT2D eigenvalue weighted by Crippen LogP contribution is 2.36.